The molecule has 3 rings (SSSR count). The fourth-order valence-corrected chi connectivity index (χ4v) is 2.91. The Bertz CT molecular complexity index is 650. The van der Waals surface area contributed by atoms with Crippen LogP contribution >= 0.6 is 11.3 Å². The molecule has 0 aliphatic carbocycles. The lowest BCUT2D eigenvalue weighted by atomic mass is 10.3. The summed E-state index contributed by atoms with van der Waals surface area (Å²) in [6.07, 6.45) is -3.31. The maximum Gasteiger partial charge on any atom is 0.433 e. The number of aryl methyl sites for hydroxylation is 1. The van der Waals surface area contributed by atoms with Crippen molar-refractivity contribution in [3.8, 4) is 0 Å². The van der Waals surface area contributed by atoms with Gasteiger partial charge in [-0.1, -0.05) is 11.3 Å². The van der Waals surface area contributed by atoms with Gasteiger partial charge in [0.05, 0.1) is 0 Å². The molecule has 118 valence electrons. The van der Waals surface area contributed by atoms with E-state index in [2.05, 4.69) is 25.1 Å². The fourth-order valence-electron chi connectivity index (χ4n) is 2.17. The first-order valence-corrected chi connectivity index (χ1v) is 7.45. The summed E-state index contributed by atoms with van der Waals surface area (Å²) in [6.45, 7) is 4.26. The first kappa shape index (κ1) is 14.9. The highest BCUT2D eigenvalue weighted by atomic mass is 32.1. The molecule has 1 fully saturated rings. The van der Waals surface area contributed by atoms with Gasteiger partial charge in [0.15, 0.2) is 0 Å². The molecule has 2 aromatic heterocycles. The number of aromatic nitrogens is 4. The zero-order valence-corrected chi connectivity index (χ0v) is 12.5. The number of anilines is 2. The summed E-state index contributed by atoms with van der Waals surface area (Å²) < 4.78 is 38.1. The molecule has 0 aromatic carbocycles. The van der Waals surface area contributed by atoms with Crippen molar-refractivity contribution in [2.45, 2.75) is 13.1 Å². The number of hydrogen-bond acceptors (Lipinski definition) is 7. The van der Waals surface area contributed by atoms with Crippen molar-refractivity contribution in [1.82, 2.24) is 20.2 Å². The lowest BCUT2D eigenvalue weighted by molar-refractivity contribution is -0.141. The molecule has 1 saturated heterocycles. The monoisotopic (exact) mass is 330 g/mol. The molecule has 10 heteroatoms. The number of piperazine rings is 1. The molecule has 1 aliphatic heterocycles. The number of nitrogens with zero attached hydrogens (tertiary/aromatic N) is 6. The minimum Gasteiger partial charge on any atom is -0.343 e. The summed E-state index contributed by atoms with van der Waals surface area (Å²) in [4.78, 5) is 11.4. The first-order valence-electron chi connectivity index (χ1n) is 6.64. The van der Waals surface area contributed by atoms with Gasteiger partial charge in [-0.3, -0.25) is 0 Å². The predicted molar refractivity (Wildman–Crippen MR) is 76.1 cm³/mol. The second-order valence-corrected chi connectivity index (χ2v) is 5.98. The molecule has 0 N–H and O–H groups in total. The summed E-state index contributed by atoms with van der Waals surface area (Å²) in [5, 5.41) is 9.77. The van der Waals surface area contributed by atoms with Crippen molar-refractivity contribution in [2.24, 2.45) is 0 Å². The number of halogens is 3. The largest absolute Gasteiger partial charge is 0.433 e. The molecule has 3 heterocycles. The van der Waals surface area contributed by atoms with Gasteiger partial charge in [-0.25, -0.2) is 9.97 Å². The van der Waals surface area contributed by atoms with Crippen LogP contribution in [0.25, 0.3) is 0 Å². The molecule has 1 aliphatic rings. The van der Waals surface area contributed by atoms with Crippen molar-refractivity contribution < 1.29 is 13.2 Å². The highest BCUT2D eigenvalue weighted by Gasteiger charge is 2.33. The lowest BCUT2D eigenvalue weighted by Gasteiger charge is -2.34. The van der Waals surface area contributed by atoms with Gasteiger partial charge in [0.25, 0.3) is 0 Å². The highest BCUT2D eigenvalue weighted by molar-refractivity contribution is 7.15. The second kappa shape index (κ2) is 5.67. The van der Waals surface area contributed by atoms with E-state index < -0.39 is 11.9 Å². The van der Waals surface area contributed by atoms with Crippen LogP contribution in [-0.2, 0) is 6.18 Å². The molecule has 0 saturated carbocycles. The Morgan fingerprint density at radius 1 is 1.09 bits per heavy atom. The zero-order chi connectivity index (χ0) is 15.7. The van der Waals surface area contributed by atoms with E-state index in [0.29, 0.717) is 26.2 Å². The van der Waals surface area contributed by atoms with Crippen LogP contribution < -0.4 is 9.80 Å². The smallest absolute Gasteiger partial charge is 0.343 e. The van der Waals surface area contributed by atoms with Gasteiger partial charge in [-0.05, 0) is 13.0 Å². The van der Waals surface area contributed by atoms with E-state index in [1.165, 1.54) is 11.3 Å². The zero-order valence-electron chi connectivity index (χ0n) is 11.7. The highest BCUT2D eigenvalue weighted by Crippen LogP contribution is 2.28. The minimum absolute atomic E-state index is 0.114. The number of alkyl halides is 3. The summed E-state index contributed by atoms with van der Waals surface area (Å²) in [7, 11) is 0. The van der Waals surface area contributed by atoms with Crippen molar-refractivity contribution in [1.29, 1.82) is 0 Å². The average molecular weight is 330 g/mol. The predicted octanol–water partition coefficient (Wildman–Crippen LogP) is 1.98. The Kier molecular flexibility index (Phi) is 3.85. The van der Waals surface area contributed by atoms with E-state index in [-0.39, 0.29) is 5.95 Å². The van der Waals surface area contributed by atoms with Gasteiger partial charge in [-0.2, -0.15) is 13.2 Å². The van der Waals surface area contributed by atoms with Gasteiger partial charge in [0.2, 0.25) is 11.1 Å². The molecule has 0 atom stereocenters. The summed E-state index contributed by atoms with van der Waals surface area (Å²) in [5.41, 5.74) is -0.917. The van der Waals surface area contributed by atoms with E-state index in [4.69, 9.17) is 0 Å². The standard InChI is InChI=1S/C12H13F3N6S/c1-8-18-19-11(22-8)21-6-4-20(5-7-21)10-16-3-2-9(17-10)12(13,14)15/h2-3H,4-7H2,1H3. The van der Waals surface area contributed by atoms with Crippen LogP contribution in [0.4, 0.5) is 24.3 Å². The van der Waals surface area contributed by atoms with E-state index in [9.17, 15) is 13.2 Å². The normalized spacial score (nSPS) is 16.2. The van der Waals surface area contributed by atoms with Gasteiger partial charge in [-0.15, -0.1) is 10.2 Å². The SMILES string of the molecule is Cc1nnc(N2CCN(c3nccc(C(F)(F)F)n3)CC2)s1. The Hall–Kier alpha value is -1.97. The van der Waals surface area contributed by atoms with Gasteiger partial charge < -0.3 is 9.80 Å². The van der Waals surface area contributed by atoms with Crippen LogP contribution in [0, 0.1) is 6.92 Å². The van der Waals surface area contributed by atoms with Crippen molar-refractivity contribution >= 4 is 22.4 Å². The van der Waals surface area contributed by atoms with Crippen molar-refractivity contribution in [3.05, 3.63) is 23.0 Å². The van der Waals surface area contributed by atoms with E-state index >= 15 is 0 Å². The van der Waals surface area contributed by atoms with Gasteiger partial charge >= 0.3 is 6.18 Å². The first-order chi connectivity index (χ1) is 10.4. The average Bonchev–Trinajstić information content (AvgIpc) is 2.93. The van der Waals surface area contributed by atoms with Crippen LogP contribution in [0.3, 0.4) is 0 Å². The van der Waals surface area contributed by atoms with Crippen molar-refractivity contribution in [2.75, 3.05) is 36.0 Å². The molecule has 6 nitrogen and oxygen atoms in total. The van der Waals surface area contributed by atoms with Crippen LogP contribution in [0.15, 0.2) is 12.3 Å². The summed E-state index contributed by atoms with van der Waals surface area (Å²) in [6, 6.07) is 0.879. The minimum atomic E-state index is -4.45. The quantitative estimate of drug-likeness (QED) is 0.839. The Balaban J connectivity index is 1.69. The Morgan fingerprint density at radius 3 is 2.36 bits per heavy atom. The van der Waals surface area contributed by atoms with Gasteiger partial charge in [0, 0.05) is 32.4 Å². The van der Waals surface area contributed by atoms with Crippen LogP contribution in [0.5, 0.6) is 0 Å². The van der Waals surface area contributed by atoms with Crippen LogP contribution in [-0.4, -0.2) is 46.3 Å². The molecule has 0 radical (unpaired) electrons. The number of rotatable bonds is 2. The molecule has 2 aromatic rings. The number of hydrogen-bond donors (Lipinski definition) is 0. The fraction of sp³-hybridized carbons (Fsp3) is 0.500. The maximum absolute atomic E-state index is 12.7. The molecule has 0 amide bonds. The third kappa shape index (κ3) is 3.11. The Labute approximate surface area is 128 Å². The van der Waals surface area contributed by atoms with E-state index in [0.717, 1.165) is 22.4 Å². The molecule has 0 bridgehead atoms. The maximum atomic E-state index is 12.7. The van der Waals surface area contributed by atoms with Crippen LogP contribution in [0.2, 0.25) is 0 Å². The molecule has 0 spiro atoms. The molecular formula is C12H13F3N6S. The molecular weight excluding hydrogens is 317 g/mol. The summed E-state index contributed by atoms with van der Waals surface area (Å²) >= 11 is 1.50. The van der Waals surface area contributed by atoms with Gasteiger partial charge in [0.1, 0.15) is 10.7 Å². The summed E-state index contributed by atoms with van der Waals surface area (Å²) in [5.74, 6) is 0.114. The van der Waals surface area contributed by atoms with E-state index in [1.54, 1.807) is 4.90 Å². The topological polar surface area (TPSA) is 58.0 Å². The van der Waals surface area contributed by atoms with E-state index in [1.807, 2.05) is 6.92 Å². The lowest BCUT2D eigenvalue weighted by Crippen LogP contribution is -2.47. The molecule has 0 unspecified atom stereocenters. The third-order valence-corrected chi connectivity index (χ3v) is 4.18. The molecule has 22 heavy (non-hydrogen) atoms. The Morgan fingerprint density at radius 2 is 1.77 bits per heavy atom. The second-order valence-electron chi connectivity index (χ2n) is 4.82. The third-order valence-electron chi connectivity index (χ3n) is 3.28. The van der Waals surface area contributed by atoms with Crippen LogP contribution in [0.1, 0.15) is 10.7 Å². The van der Waals surface area contributed by atoms with Crippen molar-refractivity contribution in [3.63, 3.8) is 0 Å².